The van der Waals surface area contributed by atoms with Crippen LogP contribution in [0.4, 0.5) is 0 Å². The normalized spacial score (nSPS) is 18.7. The van der Waals surface area contributed by atoms with Crippen LogP contribution in [0.3, 0.4) is 0 Å². The lowest BCUT2D eigenvalue weighted by Crippen LogP contribution is -2.42. The van der Waals surface area contributed by atoms with Crippen LogP contribution in [0.15, 0.2) is 18.3 Å². The first kappa shape index (κ1) is 21.7. The molecule has 0 N–H and O–H groups in total. The van der Waals surface area contributed by atoms with Gasteiger partial charge in [-0.2, -0.15) is 5.10 Å². The fraction of sp³-hybridized carbons (Fsp3) is 0.652. The van der Waals surface area contributed by atoms with Crippen molar-refractivity contribution in [1.82, 2.24) is 29.8 Å². The molecule has 2 saturated heterocycles. The third-order valence-corrected chi connectivity index (χ3v) is 6.60. The number of nitrogens with zero attached hydrogens (tertiary/aromatic N) is 6. The van der Waals surface area contributed by atoms with Crippen LogP contribution in [0.25, 0.3) is 5.82 Å². The lowest BCUT2D eigenvalue weighted by Gasteiger charge is -2.34. The molecule has 2 aliphatic rings. The summed E-state index contributed by atoms with van der Waals surface area (Å²) in [7, 11) is 1.56. The smallest absolute Gasteiger partial charge is 0.257 e. The van der Waals surface area contributed by atoms with Gasteiger partial charge in [0.05, 0.1) is 24.6 Å². The predicted molar refractivity (Wildman–Crippen MR) is 119 cm³/mol. The van der Waals surface area contributed by atoms with Crippen molar-refractivity contribution in [3.63, 3.8) is 0 Å². The third kappa shape index (κ3) is 5.06. The highest BCUT2D eigenvalue weighted by Crippen LogP contribution is 2.23. The van der Waals surface area contributed by atoms with Crippen LogP contribution in [0.5, 0.6) is 5.88 Å². The van der Waals surface area contributed by atoms with Gasteiger partial charge in [-0.15, -0.1) is 10.2 Å². The average Bonchev–Trinajstić information content (AvgIpc) is 3.08. The van der Waals surface area contributed by atoms with E-state index in [1.807, 2.05) is 11.8 Å². The number of piperidine rings is 1. The molecule has 0 radical (unpaired) electrons. The molecule has 0 aromatic carbocycles. The zero-order valence-corrected chi connectivity index (χ0v) is 18.8. The number of methoxy groups -OCH3 is 1. The lowest BCUT2D eigenvalue weighted by molar-refractivity contribution is 0.0667. The second-order valence-corrected chi connectivity index (χ2v) is 8.65. The lowest BCUT2D eigenvalue weighted by atomic mass is 9.95. The Bertz CT molecular complexity index is 849. The quantitative estimate of drug-likeness (QED) is 0.707. The second kappa shape index (κ2) is 10.2. The van der Waals surface area contributed by atoms with Crippen molar-refractivity contribution in [1.29, 1.82) is 0 Å². The van der Waals surface area contributed by atoms with Gasteiger partial charge >= 0.3 is 0 Å². The molecule has 168 valence electrons. The minimum Gasteiger partial charge on any atom is -0.480 e. The molecule has 0 atom stereocenters. The first-order valence-electron chi connectivity index (χ1n) is 11.7. The Morgan fingerprint density at radius 1 is 1.06 bits per heavy atom. The van der Waals surface area contributed by atoms with Gasteiger partial charge in [-0.05, 0) is 57.2 Å². The van der Waals surface area contributed by atoms with Gasteiger partial charge in [-0.25, -0.2) is 4.68 Å². The number of hydrogen-bond acceptors (Lipinski definition) is 6. The first-order valence-corrected chi connectivity index (χ1v) is 11.7. The highest BCUT2D eigenvalue weighted by Gasteiger charge is 2.28. The number of aromatic nitrogens is 4. The summed E-state index contributed by atoms with van der Waals surface area (Å²) in [5, 5.41) is 12.7. The number of likely N-dealkylation sites (tertiary alicyclic amines) is 2. The van der Waals surface area contributed by atoms with Crippen LogP contribution in [0.2, 0.25) is 0 Å². The minimum atomic E-state index is 0.0813. The van der Waals surface area contributed by atoms with Gasteiger partial charge in [-0.1, -0.05) is 19.8 Å². The van der Waals surface area contributed by atoms with E-state index in [4.69, 9.17) is 4.74 Å². The van der Waals surface area contributed by atoms with Crippen molar-refractivity contribution in [2.45, 2.75) is 51.9 Å². The van der Waals surface area contributed by atoms with Crippen LogP contribution in [-0.4, -0.2) is 75.5 Å². The molecule has 0 unspecified atom stereocenters. The molecule has 2 aromatic rings. The number of amides is 1. The summed E-state index contributed by atoms with van der Waals surface area (Å²) >= 11 is 0. The summed E-state index contributed by atoms with van der Waals surface area (Å²) in [5.74, 6) is 1.82. The average molecular weight is 427 g/mol. The number of carbonyl (C=O) groups excluding carboxylic acids is 1. The van der Waals surface area contributed by atoms with Crippen molar-refractivity contribution in [2.24, 2.45) is 5.92 Å². The van der Waals surface area contributed by atoms with Crippen LogP contribution in [-0.2, 0) is 6.42 Å². The fourth-order valence-electron chi connectivity index (χ4n) is 4.80. The molecule has 0 saturated carbocycles. The number of rotatable bonds is 6. The molecule has 2 aromatic heterocycles. The maximum absolute atomic E-state index is 13.3. The standard InChI is InChI=1S/C23H34N6O2/c1-3-20-19(16-24-29(20)21-8-9-22(31-2)26-25-21)23(30)28-14-10-18(11-15-28)17-27-12-6-4-5-7-13-27/h8-9,16,18H,3-7,10-15,17H2,1-2H3. The summed E-state index contributed by atoms with van der Waals surface area (Å²) in [5.41, 5.74) is 1.54. The highest BCUT2D eigenvalue weighted by atomic mass is 16.5. The van der Waals surface area contributed by atoms with Gasteiger partial charge in [0.25, 0.3) is 5.91 Å². The summed E-state index contributed by atoms with van der Waals surface area (Å²) in [6.07, 6.45) is 9.96. The van der Waals surface area contributed by atoms with Crippen molar-refractivity contribution < 1.29 is 9.53 Å². The zero-order chi connectivity index (χ0) is 21.6. The molecule has 0 aliphatic carbocycles. The van der Waals surface area contributed by atoms with E-state index in [-0.39, 0.29) is 5.91 Å². The Balaban J connectivity index is 1.39. The van der Waals surface area contributed by atoms with E-state index in [9.17, 15) is 4.79 Å². The van der Waals surface area contributed by atoms with Gasteiger partial charge in [0, 0.05) is 25.7 Å². The minimum absolute atomic E-state index is 0.0813. The van der Waals surface area contributed by atoms with Crippen molar-refractivity contribution in [2.75, 3.05) is 39.8 Å². The topological polar surface area (TPSA) is 76.4 Å². The van der Waals surface area contributed by atoms with Gasteiger partial charge < -0.3 is 14.5 Å². The number of hydrogen-bond donors (Lipinski definition) is 0. The Kier molecular flexibility index (Phi) is 7.17. The van der Waals surface area contributed by atoms with Crippen LogP contribution >= 0.6 is 0 Å². The molecular weight excluding hydrogens is 392 g/mol. The maximum atomic E-state index is 13.3. The molecular formula is C23H34N6O2. The van der Waals surface area contributed by atoms with Gasteiger partial charge in [-0.3, -0.25) is 4.79 Å². The van der Waals surface area contributed by atoms with Crippen LogP contribution in [0, 0.1) is 5.92 Å². The van der Waals surface area contributed by atoms with E-state index in [1.54, 1.807) is 30.1 Å². The Morgan fingerprint density at radius 2 is 1.81 bits per heavy atom. The molecule has 1 amide bonds. The Morgan fingerprint density at radius 3 is 2.42 bits per heavy atom. The number of ether oxygens (including phenoxy) is 1. The summed E-state index contributed by atoms with van der Waals surface area (Å²) < 4.78 is 6.79. The van der Waals surface area contributed by atoms with Gasteiger partial charge in [0.2, 0.25) is 5.88 Å². The van der Waals surface area contributed by atoms with Crippen molar-refractivity contribution in [3.05, 3.63) is 29.6 Å². The SMILES string of the molecule is CCc1c(C(=O)N2CCC(CN3CCCCCC3)CC2)cnn1-c1ccc(OC)nn1. The van der Waals surface area contributed by atoms with E-state index in [1.165, 1.54) is 45.3 Å². The molecule has 4 rings (SSSR count). The van der Waals surface area contributed by atoms with Crippen molar-refractivity contribution >= 4 is 5.91 Å². The van der Waals surface area contributed by atoms with E-state index in [2.05, 4.69) is 20.2 Å². The zero-order valence-electron chi connectivity index (χ0n) is 18.8. The monoisotopic (exact) mass is 426 g/mol. The third-order valence-electron chi connectivity index (χ3n) is 6.60. The summed E-state index contributed by atoms with van der Waals surface area (Å²) in [4.78, 5) is 17.9. The molecule has 4 heterocycles. The van der Waals surface area contributed by atoms with E-state index in [0.717, 1.165) is 31.6 Å². The molecule has 0 spiro atoms. The van der Waals surface area contributed by atoms with Crippen molar-refractivity contribution in [3.8, 4) is 11.7 Å². The first-order chi connectivity index (χ1) is 15.2. The maximum Gasteiger partial charge on any atom is 0.257 e. The van der Waals surface area contributed by atoms with E-state index < -0.39 is 0 Å². The van der Waals surface area contributed by atoms with E-state index in [0.29, 0.717) is 29.6 Å². The van der Waals surface area contributed by atoms with Crippen LogP contribution in [0.1, 0.15) is 61.5 Å². The molecule has 8 nitrogen and oxygen atoms in total. The molecule has 31 heavy (non-hydrogen) atoms. The molecule has 2 aliphatic heterocycles. The summed E-state index contributed by atoms with van der Waals surface area (Å²) in [6, 6.07) is 3.56. The molecule has 0 bridgehead atoms. The van der Waals surface area contributed by atoms with Gasteiger partial charge in [0.1, 0.15) is 0 Å². The number of carbonyl (C=O) groups is 1. The summed E-state index contributed by atoms with van der Waals surface area (Å²) in [6.45, 7) is 7.37. The van der Waals surface area contributed by atoms with E-state index >= 15 is 0 Å². The fourth-order valence-corrected chi connectivity index (χ4v) is 4.80. The van der Waals surface area contributed by atoms with Crippen LogP contribution < -0.4 is 4.74 Å². The second-order valence-electron chi connectivity index (χ2n) is 8.65. The Labute approximate surface area is 184 Å². The Hall–Kier alpha value is -2.48. The molecule has 8 heteroatoms. The highest BCUT2D eigenvalue weighted by molar-refractivity contribution is 5.95. The van der Waals surface area contributed by atoms with Gasteiger partial charge in [0.15, 0.2) is 5.82 Å². The predicted octanol–water partition coefficient (Wildman–Crippen LogP) is 2.96. The largest absolute Gasteiger partial charge is 0.480 e. The molecule has 2 fully saturated rings.